The van der Waals surface area contributed by atoms with E-state index in [4.69, 9.17) is 0 Å². The molecule has 0 atom stereocenters. The van der Waals surface area contributed by atoms with E-state index >= 15 is 0 Å². The van der Waals surface area contributed by atoms with Crippen LogP contribution in [0, 0.1) is 12.7 Å². The Morgan fingerprint density at radius 2 is 1.05 bits per heavy atom. The zero-order valence-corrected chi connectivity index (χ0v) is 11.3. The zero-order valence-electron chi connectivity index (χ0n) is 11.3. The van der Waals surface area contributed by atoms with E-state index in [0.29, 0.717) is 11.1 Å². The van der Waals surface area contributed by atoms with Crippen LogP contribution < -0.4 is 0 Å². The molecule has 20 heavy (non-hydrogen) atoms. The zero-order chi connectivity index (χ0) is 13.9. The van der Waals surface area contributed by atoms with Gasteiger partial charge in [0.1, 0.15) is 5.82 Å². The molecule has 0 unspecified atom stereocenters. The van der Waals surface area contributed by atoms with Crippen molar-refractivity contribution < 1.29 is 4.39 Å². The number of halogens is 1. The summed E-state index contributed by atoms with van der Waals surface area (Å²) >= 11 is 0. The largest absolute Gasteiger partial charge is 0.206 e. The second-order valence-electron chi connectivity index (χ2n) is 4.83. The fourth-order valence-electron chi connectivity index (χ4n) is 2.46. The molecule has 0 saturated carbocycles. The summed E-state index contributed by atoms with van der Waals surface area (Å²) in [5.41, 5.74) is 4.25. The molecule has 0 aliphatic heterocycles. The van der Waals surface area contributed by atoms with Crippen LogP contribution in [0.4, 0.5) is 4.39 Å². The Kier molecular flexibility index (Phi) is 3.34. The lowest BCUT2D eigenvalue weighted by Crippen LogP contribution is -1.92. The molecular weight excluding hydrogens is 247 g/mol. The Balaban J connectivity index is 2.13. The van der Waals surface area contributed by atoms with Crippen LogP contribution in [0.1, 0.15) is 5.56 Å². The Morgan fingerprint density at radius 1 is 0.600 bits per heavy atom. The molecule has 98 valence electrons. The fourth-order valence-corrected chi connectivity index (χ4v) is 2.46. The highest BCUT2D eigenvalue weighted by molar-refractivity contribution is 5.74. The average Bonchev–Trinajstić information content (AvgIpc) is 2.52. The first kappa shape index (κ1) is 12.6. The number of rotatable bonds is 2. The number of hydrogen-bond donors (Lipinski definition) is 0. The van der Waals surface area contributed by atoms with Crippen LogP contribution in [0.15, 0.2) is 72.8 Å². The molecule has 0 amide bonds. The van der Waals surface area contributed by atoms with Crippen molar-refractivity contribution in [1.82, 2.24) is 0 Å². The van der Waals surface area contributed by atoms with Crippen LogP contribution in [0.25, 0.3) is 22.3 Å². The van der Waals surface area contributed by atoms with E-state index in [2.05, 4.69) is 0 Å². The maximum Gasteiger partial charge on any atom is 0.134 e. The molecule has 0 nitrogen and oxygen atoms in total. The summed E-state index contributed by atoms with van der Waals surface area (Å²) in [7, 11) is 0. The topological polar surface area (TPSA) is 0 Å². The van der Waals surface area contributed by atoms with Crippen molar-refractivity contribution in [2.75, 3.05) is 0 Å². The van der Waals surface area contributed by atoms with Gasteiger partial charge in [0.05, 0.1) is 0 Å². The minimum absolute atomic E-state index is 0.141. The van der Waals surface area contributed by atoms with E-state index in [1.807, 2.05) is 79.7 Å². The van der Waals surface area contributed by atoms with Crippen LogP contribution >= 0.6 is 0 Å². The Bertz CT molecular complexity index is 651. The van der Waals surface area contributed by atoms with Crippen LogP contribution in [-0.2, 0) is 0 Å². The second-order valence-corrected chi connectivity index (χ2v) is 4.83. The highest BCUT2D eigenvalue weighted by Gasteiger charge is 2.12. The van der Waals surface area contributed by atoms with Gasteiger partial charge in [0.2, 0.25) is 0 Å². The quantitative estimate of drug-likeness (QED) is 0.574. The van der Waals surface area contributed by atoms with Gasteiger partial charge in [-0.1, -0.05) is 72.8 Å². The molecule has 0 aromatic heterocycles. The monoisotopic (exact) mass is 262 g/mol. The van der Waals surface area contributed by atoms with E-state index in [1.54, 1.807) is 0 Å². The van der Waals surface area contributed by atoms with Gasteiger partial charge in [-0.3, -0.25) is 0 Å². The van der Waals surface area contributed by atoms with Gasteiger partial charge in [-0.15, -0.1) is 0 Å². The summed E-state index contributed by atoms with van der Waals surface area (Å²) in [5, 5.41) is 0. The summed E-state index contributed by atoms with van der Waals surface area (Å²) in [4.78, 5) is 0. The molecule has 0 bridgehead atoms. The van der Waals surface area contributed by atoms with Crippen molar-refractivity contribution >= 4 is 0 Å². The molecule has 0 aliphatic rings. The van der Waals surface area contributed by atoms with Crippen molar-refractivity contribution in [3.8, 4) is 22.3 Å². The Morgan fingerprint density at radius 3 is 1.60 bits per heavy atom. The van der Waals surface area contributed by atoms with Crippen LogP contribution in [0.5, 0.6) is 0 Å². The lowest BCUT2D eigenvalue weighted by molar-refractivity contribution is 0.623. The van der Waals surface area contributed by atoms with E-state index < -0.39 is 0 Å². The predicted molar refractivity (Wildman–Crippen MR) is 82.0 cm³/mol. The van der Waals surface area contributed by atoms with Crippen LogP contribution in [0.2, 0.25) is 0 Å². The molecule has 0 saturated heterocycles. The maximum absolute atomic E-state index is 14.6. The minimum Gasteiger partial charge on any atom is -0.206 e. The van der Waals surface area contributed by atoms with Crippen molar-refractivity contribution in [1.29, 1.82) is 0 Å². The van der Waals surface area contributed by atoms with E-state index in [1.165, 1.54) is 0 Å². The second kappa shape index (κ2) is 5.30. The van der Waals surface area contributed by atoms with Crippen molar-refractivity contribution in [2.45, 2.75) is 6.92 Å². The molecular formula is C19H15F. The molecule has 0 N–H and O–H groups in total. The summed E-state index contributed by atoms with van der Waals surface area (Å²) in [6.07, 6.45) is 0. The van der Waals surface area contributed by atoms with Crippen molar-refractivity contribution in [3.05, 3.63) is 84.2 Å². The third-order valence-corrected chi connectivity index (χ3v) is 3.56. The Labute approximate surface area is 118 Å². The normalized spacial score (nSPS) is 10.5. The van der Waals surface area contributed by atoms with Crippen LogP contribution in [0.3, 0.4) is 0 Å². The van der Waals surface area contributed by atoms with E-state index in [0.717, 1.165) is 16.7 Å². The molecule has 0 radical (unpaired) electrons. The van der Waals surface area contributed by atoms with E-state index in [9.17, 15) is 4.39 Å². The van der Waals surface area contributed by atoms with Crippen LogP contribution in [-0.4, -0.2) is 0 Å². The summed E-state index contributed by atoms with van der Waals surface area (Å²) in [5.74, 6) is -0.141. The number of benzene rings is 3. The first-order valence-corrected chi connectivity index (χ1v) is 6.67. The third kappa shape index (κ3) is 2.23. The first-order chi connectivity index (χ1) is 9.77. The van der Waals surface area contributed by atoms with Gasteiger partial charge < -0.3 is 0 Å². The molecule has 0 fully saturated rings. The molecule has 3 rings (SSSR count). The lowest BCUT2D eigenvalue weighted by atomic mass is 9.95. The predicted octanol–water partition coefficient (Wildman–Crippen LogP) is 5.47. The van der Waals surface area contributed by atoms with Crippen molar-refractivity contribution in [3.63, 3.8) is 0 Å². The van der Waals surface area contributed by atoms with Gasteiger partial charge in [-0.05, 0) is 29.2 Å². The van der Waals surface area contributed by atoms with Gasteiger partial charge in [0, 0.05) is 5.56 Å². The first-order valence-electron chi connectivity index (χ1n) is 6.67. The fraction of sp³-hybridized carbons (Fsp3) is 0.0526. The number of hydrogen-bond acceptors (Lipinski definition) is 0. The molecule has 3 aromatic rings. The van der Waals surface area contributed by atoms with E-state index in [-0.39, 0.29) is 5.82 Å². The summed E-state index contributed by atoms with van der Waals surface area (Å²) in [6, 6.07) is 23.4. The smallest absolute Gasteiger partial charge is 0.134 e. The molecule has 0 spiro atoms. The van der Waals surface area contributed by atoms with Gasteiger partial charge in [0.25, 0.3) is 0 Å². The molecule has 1 heteroatoms. The third-order valence-electron chi connectivity index (χ3n) is 3.56. The summed E-state index contributed by atoms with van der Waals surface area (Å²) in [6.45, 7) is 1.84. The highest BCUT2D eigenvalue weighted by atomic mass is 19.1. The van der Waals surface area contributed by atoms with Crippen molar-refractivity contribution in [2.24, 2.45) is 0 Å². The highest BCUT2D eigenvalue weighted by Crippen LogP contribution is 2.31. The standard InChI is InChI=1S/C19H15F/c1-14-17(15-8-4-2-5-9-15)12-13-18(19(14)20)16-10-6-3-7-11-16/h2-13H,1H3. The Hall–Kier alpha value is -2.41. The lowest BCUT2D eigenvalue weighted by Gasteiger charge is -2.11. The van der Waals surface area contributed by atoms with Gasteiger partial charge in [0.15, 0.2) is 0 Å². The van der Waals surface area contributed by atoms with Gasteiger partial charge in [-0.2, -0.15) is 0 Å². The SMILES string of the molecule is Cc1c(-c2ccccc2)ccc(-c2ccccc2)c1F. The average molecular weight is 262 g/mol. The van der Waals surface area contributed by atoms with Gasteiger partial charge >= 0.3 is 0 Å². The maximum atomic E-state index is 14.6. The molecule has 0 aliphatic carbocycles. The van der Waals surface area contributed by atoms with Gasteiger partial charge in [-0.25, -0.2) is 4.39 Å². The minimum atomic E-state index is -0.141. The molecule has 3 aromatic carbocycles. The summed E-state index contributed by atoms with van der Waals surface area (Å²) < 4.78 is 14.6. The molecule has 0 heterocycles.